The van der Waals surface area contributed by atoms with E-state index in [1.165, 1.54) is 0 Å². The van der Waals surface area contributed by atoms with E-state index in [9.17, 15) is 14.4 Å². The van der Waals surface area contributed by atoms with Gasteiger partial charge in [0.25, 0.3) is 0 Å². The molecule has 0 aliphatic heterocycles. The molecular formula is C21H18Cl2O3. The van der Waals surface area contributed by atoms with Crippen molar-refractivity contribution >= 4 is 40.6 Å². The van der Waals surface area contributed by atoms with Crippen LogP contribution in [0.5, 0.6) is 0 Å². The Labute approximate surface area is 162 Å². The number of hydrogen-bond donors (Lipinski definition) is 0. The molecule has 0 bridgehead atoms. The first kappa shape index (κ1) is 18.8. The van der Waals surface area contributed by atoms with Crippen LogP contribution in [-0.4, -0.2) is 17.3 Å². The van der Waals surface area contributed by atoms with Crippen molar-refractivity contribution in [1.29, 1.82) is 0 Å². The fraction of sp³-hybridized carbons (Fsp3) is 0.286. The van der Waals surface area contributed by atoms with Gasteiger partial charge in [0, 0.05) is 19.3 Å². The second-order valence-electron chi connectivity index (χ2n) is 6.56. The van der Waals surface area contributed by atoms with Gasteiger partial charge in [-0.25, -0.2) is 0 Å². The zero-order valence-electron chi connectivity index (χ0n) is 14.1. The summed E-state index contributed by atoms with van der Waals surface area (Å²) in [6.45, 7) is 0. The maximum Gasteiger partial charge on any atom is 0.151 e. The van der Waals surface area contributed by atoms with Crippen LogP contribution in [0.1, 0.15) is 36.3 Å². The zero-order chi connectivity index (χ0) is 18.7. The molecule has 1 aliphatic rings. The van der Waals surface area contributed by atoms with E-state index in [2.05, 4.69) is 0 Å². The lowest BCUT2D eigenvalue weighted by atomic mass is 9.74. The molecule has 0 unspecified atom stereocenters. The van der Waals surface area contributed by atoms with Gasteiger partial charge >= 0.3 is 0 Å². The first-order valence-electron chi connectivity index (χ1n) is 8.53. The summed E-state index contributed by atoms with van der Waals surface area (Å²) < 4.78 is 0. The number of ketones is 3. The standard InChI is InChI=1S/C21H18Cl2O3/c22-16-8-4-7-14(21(16)23)9-10-17(24)20-18(25)11-15(12-19(20)26)13-5-2-1-3-6-13/h1-8,15,20H,9-12H2. The van der Waals surface area contributed by atoms with Gasteiger partial charge in [-0.05, 0) is 29.5 Å². The normalized spacial score (nSPS) is 20.2. The van der Waals surface area contributed by atoms with E-state index in [1.807, 2.05) is 30.3 Å². The third kappa shape index (κ3) is 4.05. The van der Waals surface area contributed by atoms with Gasteiger partial charge in [0.15, 0.2) is 17.3 Å². The summed E-state index contributed by atoms with van der Waals surface area (Å²) in [4.78, 5) is 37.5. The van der Waals surface area contributed by atoms with E-state index in [1.54, 1.807) is 18.2 Å². The Kier molecular flexibility index (Phi) is 5.90. The van der Waals surface area contributed by atoms with Crippen LogP contribution in [-0.2, 0) is 20.8 Å². The van der Waals surface area contributed by atoms with Gasteiger partial charge in [0.05, 0.1) is 10.0 Å². The molecule has 3 nitrogen and oxygen atoms in total. The Hall–Kier alpha value is -1.97. The number of carbonyl (C=O) groups excluding carboxylic acids is 3. The first-order chi connectivity index (χ1) is 12.5. The van der Waals surface area contributed by atoms with Gasteiger partial charge < -0.3 is 0 Å². The average molecular weight is 389 g/mol. The van der Waals surface area contributed by atoms with Gasteiger partial charge in [-0.2, -0.15) is 0 Å². The van der Waals surface area contributed by atoms with Crippen molar-refractivity contribution < 1.29 is 14.4 Å². The Balaban J connectivity index is 1.66. The van der Waals surface area contributed by atoms with Crippen LogP contribution in [0, 0.1) is 5.92 Å². The predicted molar refractivity (Wildman–Crippen MR) is 102 cm³/mol. The summed E-state index contributed by atoms with van der Waals surface area (Å²) in [5.41, 5.74) is 1.70. The molecule has 0 N–H and O–H groups in total. The summed E-state index contributed by atoms with van der Waals surface area (Å²) >= 11 is 12.1. The fourth-order valence-corrected chi connectivity index (χ4v) is 3.85. The molecule has 1 aliphatic carbocycles. The molecule has 0 spiro atoms. The molecular weight excluding hydrogens is 371 g/mol. The highest BCUT2D eigenvalue weighted by atomic mass is 35.5. The van der Waals surface area contributed by atoms with Crippen LogP contribution in [0.15, 0.2) is 48.5 Å². The Morgan fingerprint density at radius 3 is 2.23 bits per heavy atom. The molecule has 5 heteroatoms. The number of aryl methyl sites for hydroxylation is 1. The van der Waals surface area contributed by atoms with Gasteiger partial charge in [-0.1, -0.05) is 65.7 Å². The average Bonchev–Trinajstić information content (AvgIpc) is 2.63. The second-order valence-corrected chi connectivity index (χ2v) is 7.35. The maximum absolute atomic E-state index is 12.5. The van der Waals surface area contributed by atoms with Crippen molar-refractivity contribution in [3.8, 4) is 0 Å². The molecule has 26 heavy (non-hydrogen) atoms. The van der Waals surface area contributed by atoms with Gasteiger partial charge in [0.2, 0.25) is 0 Å². The predicted octanol–water partition coefficient (Wildman–Crippen LogP) is 4.83. The molecule has 1 fully saturated rings. The van der Waals surface area contributed by atoms with Gasteiger partial charge in [-0.15, -0.1) is 0 Å². The number of carbonyl (C=O) groups is 3. The molecule has 0 amide bonds. The Bertz CT molecular complexity index is 828. The third-order valence-corrected chi connectivity index (χ3v) is 5.66. The van der Waals surface area contributed by atoms with Crippen LogP contribution in [0.25, 0.3) is 0 Å². The smallest absolute Gasteiger partial charge is 0.151 e. The molecule has 2 aromatic rings. The molecule has 0 atom stereocenters. The van der Waals surface area contributed by atoms with E-state index in [0.29, 0.717) is 16.5 Å². The van der Waals surface area contributed by atoms with Crippen molar-refractivity contribution in [1.82, 2.24) is 0 Å². The van der Waals surface area contributed by atoms with Crippen LogP contribution in [0.3, 0.4) is 0 Å². The number of rotatable bonds is 5. The summed E-state index contributed by atoms with van der Waals surface area (Å²) in [6.07, 6.45) is 0.907. The Morgan fingerprint density at radius 2 is 1.58 bits per heavy atom. The summed E-state index contributed by atoms with van der Waals surface area (Å²) in [7, 11) is 0. The topological polar surface area (TPSA) is 51.2 Å². The maximum atomic E-state index is 12.5. The monoisotopic (exact) mass is 388 g/mol. The second kappa shape index (κ2) is 8.15. The molecule has 0 radical (unpaired) electrons. The number of benzene rings is 2. The minimum Gasteiger partial charge on any atom is -0.298 e. The Morgan fingerprint density at radius 1 is 0.923 bits per heavy atom. The SMILES string of the molecule is O=C(CCc1cccc(Cl)c1Cl)C1C(=O)CC(c2ccccc2)CC1=O. The third-order valence-electron chi connectivity index (χ3n) is 4.80. The highest BCUT2D eigenvalue weighted by molar-refractivity contribution is 6.42. The lowest BCUT2D eigenvalue weighted by molar-refractivity contribution is -0.142. The van der Waals surface area contributed by atoms with Crippen molar-refractivity contribution in [3.63, 3.8) is 0 Å². The van der Waals surface area contributed by atoms with E-state index in [4.69, 9.17) is 23.2 Å². The number of Topliss-reactive ketones (excluding diaryl/α,β-unsaturated/α-hetero) is 3. The van der Waals surface area contributed by atoms with E-state index in [0.717, 1.165) is 11.1 Å². The molecule has 2 aromatic carbocycles. The van der Waals surface area contributed by atoms with Crippen LogP contribution in [0.2, 0.25) is 10.0 Å². The van der Waals surface area contributed by atoms with Gasteiger partial charge in [0.1, 0.15) is 5.92 Å². The molecule has 3 rings (SSSR count). The highest BCUT2D eigenvalue weighted by Crippen LogP contribution is 2.33. The van der Waals surface area contributed by atoms with Crippen molar-refractivity contribution in [2.75, 3.05) is 0 Å². The number of halogens is 2. The van der Waals surface area contributed by atoms with Crippen LogP contribution < -0.4 is 0 Å². The first-order valence-corrected chi connectivity index (χ1v) is 9.29. The lowest BCUT2D eigenvalue weighted by Crippen LogP contribution is -2.38. The highest BCUT2D eigenvalue weighted by Gasteiger charge is 2.39. The summed E-state index contributed by atoms with van der Waals surface area (Å²) in [5.74, 6) is -2.16. The van der Waals surface area contributed by atoms with Crippen molar-refractivity contribution in [2.24, 2.45) is 5.92 Å². The fourth-order valence-electron chi connectivity index (χ4n) is 3.44. The van der Waals surface area contributed by atoms with Crippen molar-refractivity contribution in [3.05, 3.63) is 69.7 Å². The number of hydrogen-bond acceptors (Lipinski definition) is 3. The molecule has 0 saturated heterocycles. The minimum absolute atomic E-state index is 0.0954. The lowest BCUT2D eigenvalue weighted by Gasteiger charge is -2.26. The van der Waals surface area contributed by atoms with E-state index < -0.39 is 5.92 Å². The summed E-state index contributed by atoms with van der Waals surface area (Å²) in [6, 6.07) is 14.7. The largest absolute Gasteiger partial charge is 0.298 e. The zero-order valence-corrected chi connectivity index (χ0v) is 15.6. The molecule has 0 heterocycles. The summed E-state index contributed by atoms with van der Waals surface area (Å²) in [5, 5.41) is 0.833. The minimum atomic E-state index is -1.13. The van der Waals surface area contributed by atoms with Gasteiger partial charge in [-0.3, -0.25) is 14.4 Å². The van der Waals surface area contributed by atoms with E-state index >= 15 is 0 Å². The molecule has 134 valence electrons. The quantitative estimate of drug-likeness (QED) is 0.689. The van der Waals surface area contributed by atoms with Crippen LogP contribution in [0.4, 0.5) is 0 Å². The van der Waals surface area contributed by atoms with Crippen molar-refractivity contribution in [2.45, 2.75) is 31.6 Å². The van der Waals surface area contributed by atoms with E-state index in [-0.39, 0.29) is 42.5 Å². The molecule has 0 aromatic heterocycles. The van der Waals surface area contributed by atoms with Crippen LogP contribution >= 0.6 is 23.2 Å². The molecule has 1 saturated carbocycles.